The van der Waals surface area contributed by atoms with Crippen molar-refractivity contribution in [3.05, 3.63) is 287 Å². The second kappa shape index (κ2) is 34.8. The Bertz CT molecular complexity index is 6560. The Kier molecular flexibility index (Phi) is 25.8. The Morgan fingerprint density at radius 1 is 0.259 bits per heavy atom. The highest BCUT2D eigenvalue weighted by Gasteiger charge is 2.37. The fourth-order valence-electron chi connectivity index (χ4n) is 20.8. The molecule has 135 heavy (non-hydrogen) atoms. The zero-order chi connectivity index (χ0) is 99.6. The van der Waals surface area contributed by atoms with Gasteiger partial charge in [-0.3, -0.25) is 0 Å². The summed E-state index contributed by atoms with van der Waals surface area (Å²) in [5, 5.41) is 32.2. The maximum Gasteiger partial charge on any atom is 0.237 e. The minimum atomic E-state index is -0.485. The smallest absolute Gasteiger partial charge is 0.237 e. The van der Waals surface area contributed by atoms with E-state index >= 15 is 8.78 Å². The average Bonchev–Trinajstić information content (AvgIpc) is 1.52. The van der Waals surface area contributed by atoms with Crippen molar-refractivity contribution in [2.75, 3.05) is 13.2 Å². The number of phenols is 2. The van der Waals surface area contributed by atoms with Gasteiger partial charge in [-0.15, -0.1) is 0 Å². The number of hydrogen-bond acceptors (Lipinski definition) is 2. The summed E-state index contributed by atoms with van der Waals surface area (Å²) >= 11 is 0. The zero-order valence-corrected chi connectivity index (χ0v) is 88.8. The van der Waals surface area contributed by atoms with Gasteiger partial charge in [0.1, 0.15) is 29.6 Å². The lowest BCUT2D eigenvalue weighted by Gasteiger charge is -2.35. The highest BCUT2D eigenvalue weighted by Crippen LogP contribution is 2.55. The molecule has 0 aliphatic carbocycles. The number of aromatic nitrogens is 2. The summed E-state index contributed by atoms with van der Waals surface area (Å²) in [4.78, 5) is 0. The van der Waals surface area contributed by atoms with Crippen LogP contribution in [0, 0.1) is 50.5 Å². The van der Waals surface area contributed by atoms with Crippen molar-refractivity contribution in [2.24, 2.45) is 10.8 Å². The van der Waals surface area contributed by atoms with Gasteiger partial charge >= 0.3 is 0 Å². The largest absolute Gasteiger partial charge is 0.711 e. The van der Waals surface area contributed by atoms with Gasteiger partial charge in [0, 0.05) is 43.8 Å². The van der Waals surface area contributed by atoms with Gasteiger partial charge in [0.2, 0.25) is 11.5 Å². The molecule has 0 unspecified atom stereocenters. The number of nitrogens with zero attached hydrogens (tertiary/aromatic N) is 2. The molecular formula is C127H156F2N2O4. The number of fused-ring (bicyclic) bond motifs is 6. The van der Waals surface area contributed by atoms with Crippen LogP contribution in [0.2, 0.25) is 0 Å². The summed E-state index contributed by atoms with van der Waals surface area (Å²) in [5.74, 6) is 0.237. The highest BCUT2D eigenvalue weighted by molar-refractivity contribution is 6.13. The van der Waals surface area contributed by atoms with E-state index in [2.05, 4.69) is 423 Å². The molecule has 0 aliphatic heterocycles. The van der Waals surface area contributed by atoms with Gasteiger partial charge in [0.05, 0.1) is 44.6 Å². The third-order valence-electron chi connectivity index (χ3n) is 28.1. The van der Waals surface area contributed by atoms with E-state index in [9.17, 15) is 10.2 Å². The van der Waals surface area contributed by atoms with Gasteiger partial charge < -0.3 is 28.1 Å². The summed E-state index contributed by atoms with van der Waals surface area (Å²) < 4.78 is 45.1. The Labute approximate surface area is 809 Å². The first-order chi connectivity index (χ1) is 61.9. The molecule has 0 saturated carbocycles. The first-order valence-corrected chi connectivity index (χ1v) is 49.1. The topological polar surface area (TPSA) is 55.7 Å². The van der Waals surface area contributed by atoms with Crippen molar-refractivity contribution < 1.29 is 27.7 Å². The van der Waals surface area contributed by atoms with Crippen LogP contribution < -0.4 is 0 Å². The van der Waals surface area contributed by atoms with Crippen LogP contribution >= 0.6 is 0 Å². The summed E-state index contributed by atoms with van der Waals surface area (Å²) in [6, 6.07) is 70.4. The maximum atomic E-state index is 17.2. The molecule has 14 rings (SSSR count). The van der Waals surface area contributed by atoms with E-state index in [4.69, 9.17) is 14.2 Å². The zero-order valence-electron chi connectivity index (χ0n) is 88.8. The molecular weight excluding hydrogens is 1660 g/mol. The summed E-state index contributed by atoms with van der Waals surface area (Å²) in [7, 11) is 9.50. The Morgan fingerprint density at radius 2 is 0.511 bits per heavy atom. The van der Waals surface area contributed by atoms with Crippen LogP contribution in [0.3, 0.4) is 0 Å². The van der Waals surface area contributed by atoms with E-state index in [1.165, 1.54) is 56.6 Å². The molecule has 0 fully saturated rings. The van der Waals surface area contributed by atoms with Crippen LogP contribution in [-0.2, 0) is 62.9 Å². The van der Waals surface area contributed by atoms with Crippen LogP contribution in [0.1, 0.15) is 321 Å². The van der Waals surface area contributed by atoms with Gasteiger partial charge in [-0.05, 0) is 291 Å². The molecule has 0 amide bonds. The first-order valence-electron chi connectivity index (χ1n) is 49.1. The molecule has 0 aliphatic rings. The predicted octanol–water partition coefficient (Wildman–Crippen LogP) is 37.2. The summed E-state index contributed by atoms with van der Waals surface area (Å²) in [5.41, 5.74) is 26.5. The third-order valence-corrected chi connectivity index (χ3v) is 28.1. The summed E-state index contributed by atoms with van der Waals surface area (Å²) in [6.45, 7) is 81.9. The van der Waals surface area contributed by atoms with Crippen LogP contribution in [0.15, 0.2) is 194 Å². The molecule has 8 heteroatoms. The van der Waals surface area contributed by atoms with Crippen molar-refractivity contribution in [1.82, 2.24) is 9.13 Å². The lowest BCUT2D eigenvalue weighted by Crippen LogP contribution is -2.25. The van der Waals surface area contributed by atoms with E-state index in [0.29, 0.717) is 62.7 Å². The molecule has 12 aromatic carbocycles. The van der Waals surface area contributed by atoms with Crippen LogP contribution in [0.4, 0.5) is 8.78 Å². The molecule has 0 atom stereocenters. The minimum Gasteiger partial charge on any atom is -0.711 e. The molecule has 14 aromatic rings. The second-order valence-electron chi connectivity index (χ2n) is 51.8. The van der Waals surface area contributed by atoms with Crippen LogP contribution in [0.5, 0.6) is 23.0 Å². The standard InChI is InChI=1S/C127H156F2N2O4/c1-76-50-96(128)72-104(102-68-94(126(33,34)74-116(3,4)5)70-110(112(102)132)130-106-46-42-78(82-52-86(118(9,10)11)64-87(53-82)119(12,13)14)60-100(106)101-61-79(43-47-107(101)130)83-54-88(120(15,16)17)65-89(55-83)121(18,19)20)114(76)134(37)48-39-49-135(38)115-77(2)51-97(129)73-105(115)103-69-95(127(35,36)75-117(6,7)8)71-111(113(103)133)131-108-62-80(84-56-90(122(21,22)23)66-91(57-84)123(24,25)26)40-44-98(108)99-45-41-81(63-109(99)131)85-58-92(124(27,28)29)67-93(59-85)125(30,31)32/h40-47,50-73,132-133H,37-39,48-49,74-75H2,1-36H3. The molecule has 2 N–H and O–H groups in total. The normalized spacial score (nSPS) is 13.4. The Balaban J connectivity index is 0.920. The summed E-state index contributed by atoms with van der Waals surface area (Å²) in [6.07, 6.45) is 2.00. The molecule has 0 radical (unpaired) electrons. The van der Waals surface area contributed by atoms with Crippen molar-refractivity contribution in [3.8, 4) is 101 Å². The molecule has 0 bridgehead atoms. The van der Waals surface area contributed by atoms with Crippen molar-refractivity contribution >= 4 is 43.6 Å². The Hall–Kier alpha value is -10.7. The van der Waals surface area contributed by atoms with Gasteiger partial charge in [-0.25, -0.2) is 8.78 Å². The van der Waals surface area contributed by atoms with Gasteiger partial charge in [-0.2, -0.15) is 0 Å². The second-order valence-corrected chi connectivity index (χ2v) is 51.8. The molecule has 6 nitrogen and oxygen atoms in total. The predicted molar refractivity (Wildman–Crippen MR) is 577 cm³/mol. The van der Waals surface area contributed by atoms with Gasteiger partial charge in [-0.1, -0.05) is 345 Å². The number of rotatable bonds is 18. The SMILES string of the molecule is [CH2-][O+](CCC[O+]([CH2-])c1c(C)cc(F)cc1-c1cc(C(C)(C)CC(C)(C)C)cc(-n2c3cc(-c4cc(C(C)(C)C)cc(C(C)(C)C)c4)ccc3c3ccc(-c4cc(C(C)(C)C)cc(C(C)(C)C)c4)cc32)c1O)c1c(C)cc(F)cc1-c1cc(C(C)(C)CC(C)(C)C)cc(-n2c3ccc(-c4cc(C(C)(C)C)cc(C(C)(C)C)c4)cc3c3cc(-c4cc(C(C)(C)C)cc(C(C)(C)C)c4)ccc32)c1O. The number of phenolic OH excluding ortho intramolecular Hbond substituents is 2. The van der Waals surface area contributed by atoms with E-state index in [-0.39, 0.29) is 78.9 Å². The lowest BCUT2D eigenvalue weighted by atomic mass is 9.71. The van der Waals surface area contributed by atoms with E-state index in [0.717, 1.165) is 112 Å². The van der Waals surface area contributed by atoms with Crippen LogP contribution in [-0.4, -0.2) is 32.6 Å². The fourth-order valence-corrected chi connectivity index (χ4v) is 20.8. The van der Waals surface area contributed by atoms with E-state index in [1.807, 2.05) is 13.8 Å². The van der Waals surface area contributed by atoms with Crippen LogP contribution in [0.25, 0.3) is 122 Å². The van der Waals surface area contributed by atoms with E-state index in [1.54, 1.807) is 12.1 Å². The average molecular weight is 1810 g/mol. The van der Waals surface area contributed by atoms with Crippen molar-refractivity contribution in [3.63, 3.8) is 0 Å². The Morgan fingerprint density at radius 3 is 0.770 bits per heavy atom. The van der Waals surface area contributed by atoms with Crippen molar-refractivity contribution in [2.45, 2.75) is 323 Å². The van der Waals surface area contributed by atoms with Gasteiger partial charge in [0.25, 0.3) is 0 Å². The van der Waals surface area contributed by atoms with Gasteiger partial charge in [0.15, 0.2) is 13.2 Å². The number of halogens is 2. The first kappa shape index (κ1) is 100. The lowest BCUT2D eigenvalue weighted by molar-refractivity contribution is -0.0170. The molecule has 0 spiro atoms. The monoisotopic (exact) mass is 1810 g/mol. The van der Waals surface area contributed by atoms with E-state index < -0.39 is 22.5 Å². The number of aromatic hydroxyl groups is 2. The molecule has 2 aromatic heterocycles. The molecule has 712 valence electrons. The number of hydrogen-bond donors (Lipinski definition) is 2. The maximum absolute atomic E-state index is 17.2. The molecule has 0 saturated heterocycles. The number of aryl methyl sites for hydroxylation is 2. The van der Waals surface area contributed by atoms with Crippen molar-refractivity contribution in [1.29, 1.82) is 0 Å². The fraction of sp³-hybridized carbons (Fsp3) is 0.417. The number of benzene rings is 12. The highest BCUT2D eigenvalue weighted by atomic mass is 19.1. The third kappa shape index (κ3) is 20.8. The quantitative estimate of drug-likeness (QED) is 0.0664. The minimum absolute atomic E-state index is 0.00480. The molecule has 2 heterocycles.